The van der Waals surface area contributed by atoms with Gasteiger partial charge in [0.05, 0.1) is 17.6 Å². The van der Waals surface area contributed by atoms with Gasteiger partial charge < -0.3 is 15.3 Å². The molecule has 4 rings (SSSR count). The van der Waals surface area contributed by atoms with Crippen molar-refractivity contribution in [1.82, 2.24) is 20.4 Å². The van der Waals surface area contributed by atoms with Crippen LogP contribution in [0.2, 0.25) is 0 Å². The van der Waals surface area contributed by atoms with Gasteiger partial charge in [-0.25, -0.2) is 13.9 Å². The second-order valence-corrected chi connectivity index (χ2v) is 7.74. The predicted octanol–water partition coefficient (Wildman–Crippen LogP) is 1.92. The Hall–Kier alpha value is -3.17. The Balaban J connectivity index is 1.58. The molecule has 1 saturated heterocycles. The molecule has 7 nitrogen and oxygen atoms in total. The summed E-state index contributed by atoms with van der Waals surface area (Å²) < 4.78 is 29.8. The lowest BCUT2D eigenvalue weighted by Crippen LogP contribution is -2.61. The molecular formula is C22H22F2N4O3. The third-order valence-electron chi connectivity index (χ3n) is 5.44. The summed E-state index contributed by atoms with van der Waals surface area (Å²) in [4.78, 5) is 26.1. The summed E-state index contributed by atoms with van der Waals surface area (Å²) >= 11 is 0. The number of aliphatic hydroxyl groups is 1. The highest BCUT2D eigenvalue weighted by Gasteiger charge is 2.33. The van der Waals surface area contributed by atoms with Gasteiger partial charge in [-0.2, -0.15) is 5.10 Å². The number of hydrogen-bond acceptors (Lipinski definition) is 5. The van der Waals surface area contributed by atoms with E-state index in [2.05, 4.69) is 15.5 Å². The van der Waals surface area contributed by atoms with Crippen molar-refractivity contribution in [1.29, 1.82) is 0 Å². The van der Waals surface area contributed by atoms with Gasteiger partial charge in [0.15, 0.2) is 6.17 Å². The second kappa shape index (κ2) is 8.52. The van der Waals surface area contributed by atoms with Gasteiger partial charge in [-0.05, 0) is 30.7 Å². The van der Waals surface area contributed by atoms with Crippen LogP contribution in [0.15, 0.2) is 47.3 Å². The minimum absolute atomic E-state index is 0.00795. The number of carbonyl (C=O) groups excluding carboxylic acids is 1. The fraction of sp³-hybridized carbons (Fsp3) is 0.318. The minimum atomic E-state index is -1.76. The van der Waals surface area contributed by atoms with Gasteiger partial charge in [-0.3, -0.25) is 9.59 Å². The summed E-state index contributed by atoms with van der Waals surface area (Å²) in [7, 11) is 0. The van der Waals surface area contributed by atoms with E-state index >= 15 is 4.39 Å². The Morgan fingerprint density at radius 3 is 2.71 bits per heavy atom. The standard InChI is InChI=1S/C22H22F2N4O3/c1-12(11-29)25-14-9-28(10-14)22(31)17-8-13(6-7-18(17)23)19(24)20-15-4-2-3-5-16(15)21(30)27-26-20/h2-8,12,14,19,25,29H,9-11H2,1H3,(H,27,30). The van der Waals surface area contributed by atoms with E-state index in [4.69, 9.17) is 5.11 Å². The van der Waals surface area contributed by atoms with Crippen LogP contribution in [0.3, 0.4) is 0 Å². The van der Waals surface area contributed by atoms with Crippen LogP contribution >= 0.6 is 0 Å². The molecule has 0 bridgehead atoms. The summed E-state index contributed by atoms with van der Waals surface area (Å²) in [5.41, 5.74) is -0.592. The molecule has 2 unspecified atom stereocenters. The second-order valence-electron chi connectivity index (χ2n) is 7.74. The minimum Gasteiger partial charge on any atom is -0.395 e. The molecule has 31 heavy (non-hydrogen) atoms. The molecule has 2 heterocycles. The number of likely N-dealkylation sites (tertiary alicyclic amines) is 1. The molecule has 1 amide bonds. The number of amides is 1. The van der Waals surface area contributed by atoms with Crippen molar-refractivity contribution < 1.29 is 18.7 Å². The number of fused-ring (bicyclic) bond motifs is 1. The molecular weight excluding hydrogens is 406 g/mol. The monoisotopic (exact) mass is 428 g/mol. The molecule has 3 aromatic rings. The van der Waals surface area contributed by atoms with E-state index in [0.29, 0.717) is 23.9 Å². The van der Waals surface area contributed by atoms with Crippen LogP contribution in [0.5, 0.6) is 0 Å². The molecule has 0 radical (unpaired) electrons. The molecule has 3 N–H and O–H groups in total. The summed E-state index contributed by atoms with van der Waals surface area (Å²) in [6, 6.07) is 9.94. The average molecular weight is 428 g/mol. The number of aliphatic hydroxyl groups excluding tert-OH is 1. The Bertz CT molecular complexity index is 1180. The largest absolute Gasteiger partial charge is 0.395 e. The first-order valence-corrected chi connectivity index (χ1v) is 9.96. The first-order chi connectivity index (χ1) is 14.9. The van der Waals surface area contributed by atoms with Crippen LogP contribution in [0.1, 0.15) is 34.7 Å². The van der Waals surface area contributed by atoms with E-state index < -0.39 is 23.5 Å². The van der Waals surface area contributed by atoms with E-state index in [9.17, 15) is 14.0 Å². The van der Waals surface area contributed by atoms with Crippen LogP contribution in [0.4, 0.5) is 8.78 Å². The van der Waals surface area contributed by atoms with E-state index in [0.717, 1.165) is 6.07 Å². The van der Waals surface area contributed by atoms with Gasteiger partial charge in [0.1, 0.15) is 11.5 Å². The predicted molar refractivity (Wildman–Crippen MR) is 111 cm³/mol. The van der Waals surface area contributed by atoms with E-state index in [1.54, 1.807) is 24.3 Å². The van der Waals surface area contributed by atoms with Crippen LogP contribution in [0, 0.1) is 5.82 Å². The number of nitrogens with zero attached hydrogens (tertiary/aromatic N) is 2. The molecule has 162 valence electrons. The molecule has 1 aromatic heterocycles. The van der Waals surface area contributed by atoms with E-state index in [1.165, 1.54) is 17.0 Å². The maximum Gasteiger partial charge on any atom is 0.272 e. The van der Waals surface area contributed by atoms with Crippen molar-refractivity contribution in [2.24, 2.45) is 0 Å². The van der Waals surface area contributed by atoms with Gasteiger partial charge in [-0.15, -0.1) is 0 Å². The lowest BCUT2D eigenvalue weighted by molar-refractivity contribution is 0.0537. The molecule has 1 aliphatic rings. The maximum absolute atomic E-state index is 15.4. The van der Waals surface area contributed by atoms with Crippen LogP contribution < -0.4 is 10.9 Å². The summed E-state index contributed by atoms with van der Waals surface area (Å²) in [5.74, 6) is -1.26. The number of nitrogens with one attached hydrogen (secondary N) is 2. The van der Waals surface area contributed by atoms with Gasteiger partial charge in [0, 0.05) is 30.6 Å². The summed E-state index contributed by atoms with van der Waals surface area (Å²) in [5, 5.41) is 19.0. The van der Waals surface area contributed by atoms with Crippen molar-refractivity contribution >= 4 is 16.7 Å². The quantitative estimate of drug-likeness (QED) is 0.557. The molecule has 0 saturated carbocycles. The van der Waals surface area contributed by atoms with Gasteiger partial charge in [0.25, 0.3) is 11.5 Å². The van der Waals surface area contributed by atoms with Crippen LogP contribution in [-0.2, 0) is 0 Å². The molecule has 0 spiro atoms. The van der Waals surface area contributed by atoms with E-state index in [-0.39, 0.29) is 35.5 Å². The third-order valence-corrected chi connectivity index (χ3v) is 5.44. The molecule has 1 aliphatic heterocycles. The number of carbonyl (C=O) groups is 1. The highest BCUT2D eigenvalue weighted by molar-refractivity contribution is 5.95. The average Bonchev–Trinajstić information content (AvgIpc) is 2.75. The number of hydrogen-bond donors (Lipinski definition) is 3. The lowest BCUT2D eigenvalue weighted by Gasteiger charge is -2.41. The Morgan fingerprint density at radius 2 is 2.00 bits per heavy atom. The number of benzene rings is 2. The highest BCUT2D eigenvalue weighted by Crippen LogP contribution is 2.30. The maximum atomic E-state index is 15.4. The fourth-order valence-corrected chi connectivity index (χ4v) is 3.73. The molecule has 2 atom stereocenters. The zero-order chi connectivity index (χ0) is 22.1. The van der Waals surface area contributed by atoms with Gasteiger partial charge >= 0.3 is 0 Å². The number of alkyl halides is 1. The van der Waals surface area contributed by atoms with Crippen molar-refractivity contribution in [3.63, 3.8) is 0 Å². The number of aromatic amines is 1. The lowest BCUT2D eigenvalue weighted by atomic mass is 9.99. The summed E-state index contributed by atoms with van der Waals surface area (Å²) in [6.07, 6.45) is -1.76. The van der Waals surface area contributed by atoms with Crippen LogP contribution in [0.25, 0.3) is 10.8 Å². The molecule has 0 aliphatic carbocycles. The Kier molecular flexibility index (Phi) is 5.79. The molecule has 2 aromatic carbocycles. The Morgan fingerprint density at radius 1 is 1.29 bits per heavy atom. The highest BCUT2D eigenvalue weighted by atomic mass is 19.1. The first-order valence-electron chi connectivity index (χ1n) is 9.96. The number of aromatic nitrogens is 2. The zero-order valence-electron chi connectivity index (χ0n) is 16.8. The number of H-pyrrole nitrogens is 1. The summed E-state index contributed by atoms with van der Waals surface area (Å²) in [6.45, 7) is 2.55. The van der Waals surface area contributed by atoms with Crippen molar-refractivity contribution in [3.05, 3.63) is 75.5 Å². The van der Waals surface area contributed by atoms with Crippen molar-refractivity contribution in [3.8, 4) is 0 Å². The van der Waals surface area contributed by atoms with Crippen molar-refractivity contribution in [2.75, 3.05) is 19.7 Å². The normalized spacial score (nSPS) is 16.2. The number of halogens is 2. The van der Waals surface area contributed by atoms with E-state index in [1.807, 2.05) is 6.92 Å². The molecule has 9 heteroatoms. The first kappa shape index (κ1) is 21.1. The SMILES string of the molecule is CC(CO)NC1CN(C(=O)c2cc(C(F)c3n[nH]c(=O)c4ccccc34)ccc2F)C1. The zero-order valence-corrected chi connectivity index (χ0v) is 16.8. The van der Waals surface area contributed by atoms with Crippen molar-refractivity contribution in [2.45, 2.75) is 25.2 Å². The smallest absolute Gasteiger partial charge is 0.272 e. The van der Waals surface area contributed by atoms with Gasteiger partial charge in [0.2, 0.25) is 0 Å². The van der Waals surface area contributed by atoms with Gasteiger partial charge in [-0.1, -0.05) is 24.3 Å². The number of rotatable bonds is 6. The fourth-order valence-electron chi connectivity index (χ4n) is 3.73. The Labute approximate surface area is 176 Å². The van der Waals surface area contributed by atoms with Crippen LogP contribution in [-0.4, -0.2) is 57.9 Å². The third kappa shape index (κ3) is 4.06. The molecule has 1 fully saturated rings. The topological polar surface area (TPSA) is 98.3 Å².